The second-order valence-corrected chi connectivity index (χ2v) is 7.21. The topological polar surface area (TPSA) is 46.2 Å². The Morgan fingerprint density at radius 3 is 1.67 bits per heavy atom. The molecule has 0 aromatic heterocycles. The lowest BCUT2D eigenvalue weighted by molar-refractivity contribution is 0.602. The predicted octanol–water partition coefficient (Wildman–Crippen LogP) is 2.94. The van der Waals surface area contributed by atoms with Crippen LogP contribution < -0.4 is 5.32 Å². The van der Waals surface area contributed by atoms with Crippen molar-refractivity contribution in [1.82, 2.24) is 5.32 Å². The van der Waals surface area contributed by atoms with Crippen LogP contribution in [0.15, 0.2) is 53.4 Å². The van der Waals surface area contributed by atoms with Crippen molar-refractivity contribution in [2.45, 2.75) is 31.3 Å². The number of benzene rings is 2. The van der Waals surface area contributed by atoms with Crippen LogP contribution in [0.3, 0.4) is 0 Å². The lowest BCUT2D eigenvalue weighted by Crippen LogP contribution is -2.12. The van der Waals surface area contributed by atoms with Gasteiger partial charge in [-0.05, 0) is 35.2 Å². The summed E-state index contributed by atoms with van der Waals surface area (Å²) in [5.41, 5.74) is 3.67. The molecule has 2 aromatic carbocycles. The first-order valence-electron chi connectivity index (χ1n) is 7.06. The summed E-state index contributed by atoms with van der Waals surface area (Å²) in [4.78, 5) is 0.362. The maximum Gasteiger partial charge on any atom is 0.175 e. The van der Waals surface area contributed by atoms with Crippen molar-refractivity contribution in [2.75, 3.05) is 6.26 Å². The molecule has 0 saturated heterocycles. The zero-order valence-corrected chi connectivity index (χ0v) is 13.3. The summed E-state index contributed by atoms with van der Waals surface area (Å²) in [6, 6.07) is 15.6. The summed E-state index contributed by atoms with van der Waals surface area (Å²) >= 11 is 0. The van der Waals surface area contributed by atoms with Gasteiger partial charge in [0.25, 0.3) is 0 Å². The van der Waals surface area contributed by atoms with Crippen LogP contribution in [0.2, 0.25) is 0 Å². The summed E-state index contributed by atoms with van der Waals surface area (Å²) in [6.45, 7) is 3.67. The Morgan fingerprint density at radius 1 is 0.810 bits per heavy atom. The normalized spacial score (nSPS) is 11.5. The number of nitrogens with one attached hydrogen (secondary N) is 1. The fraction of sp³-hybridized carbons (Fsp3) is 0.294. The Hall–Kier alpha value is -1.65. The molecule has 0 saturated carbocycles. The van der Waals surface area contributed by atoms with Gasteiger partial charge in [0.2, 0.25) is 0 Å². The van der Waals surface area contributed by atoms with Crippen molar-refractivity contribution in [2.24, 2.45) is 0 Å². The van der Waals surface area contributed by atoms with Gasteiger partial charge in [-0.1, -0.05) is 43.3 Å². The molecule has 0 heterocycles. The largest absolute Gasteiger partial charge is 0.309 e. The van der Waals surface area contributed by atoms with E-state index in [9.17, 15) is 8.42 Å². The van der Waals surface area contributed by atoms with E-state index in [4.69, 9.17) is 0 Å². The summed E-state index contributed by atoms with van der Waals surface area (Å²) < 4.78 is 22.8. The fourth-order valence-electron chi connectivity index (χ4n) is 2.10. The van der Waals surface area contributed by atoms with Crippen molar-refractivity contribution < 1.29 is 8.42 Å². The molecule has 2 rings (SSSR count). The first kappa shape index (κ1) is 15.7. The van der Waals surface area contributed by atoms with Gasteiger partial charge < -0.3 is 5.32 Å². The highest BCUT2D eigenvalue weighted by atomic mass is 32.2. The number of hydrogen-bond donors (Lipinski definition) is 1. The summed E-state index contributed by atoms with van der Waals surface area (Å²) in [5, 5.41) is 3.36. The van der Waals surface area contributed by atoms with Gasteiger partial charge in [0.15, 0.2) is 9.84 Å². The van der Waals surface area contributed by atoms with Gasteiger partial charge in [-0.2, -0.15) is 0 Å². The van der Waals surface area contributed by atoms with Gasteiger partial charge in [-0.3, -0.25) is 0 Å². The number of hydrogen-bond acceptors (Lipinski definition) is 3. The molecule has 0 amide bonds. The van der Waals surface area contributed by atoms with Crippen LogP contribution in [0.4, 0.5) is 0 Å². The molecule has 2 aromatic rings. The Labute approximate surface area is 126 Å². The molecule has 0 aliphatic heterocycles. The zero-order chi connectivity index (χ0) is 15.3. The highest BCUT2D eigenvalue weighted by molar-refractivity contribution is 7.90. The van der Waals surface area contributed by atoms with Gasteiger partial charge >= 0.3 is 0 Å². The SMILES string of the molecule is CCc1ccc(CNCc2ccc(S(C)(=O)=O)cc2)cc1. The molecule has 0 radical (unpaired) electrons. The third-order valence-corrected chi connectivity index (χ3v) is 4.57. The van der Waals surface area contributed by atoms with E-state index in [-0.39, 0.29) is 0 Å². The molecule has 21 heavy (non-hydrogen) atoms. The van der Waals surface area contributed by atoms with Crippen LogP contribution >= 0.6 is 0 Å². The first-order valence-corrected chi connectivity index (χ1v) is 8.95. The minimum absolute atomic E-state index is 0.362. The second-order valence-electron chi connectivity index (χ2n) is 5.19. The molecule has 0 unspecified atom stereocenters. The third kappa shape index (κ3) is 4.69. The van der Waals surface area contributed by atoms with Crippen molar-refractivity contribution in [3.8, 4) is 0 Å². The molecular weight excluding hydrogens is 282 g/mol. The van der Waals surface area contributed by atoms with Crippen molar-refractivity contribution in [3.05, 3.63) is 65.2 Å². The smallest absolute Gasteiger partial charge is 0.175 e. The third-order valence-electron chi connectivity index (χ3n) is 3.44. The van der Waals surface area contributed by atoms with E-state index in [1.807, 2.05) is 12.1 Å². The van der Waals surface area contributed by atoms with Crippen molar-refractivity contribution >= 4 is 9.84 Å². The van der Waals surface area contributed by atoms with Crippen LogP contribution in [0, 0.1) is 0 Å². The number of aryl methyl sites for hydroxylation is 1. The Balaban J connectivity index is 1.88. The monoisotopic (exact) mass is 303 g/mol. The first-order chi connectivity index (χ1) is 9.99. The van der Waals surface area contributed by atoms with Crippen molar-refractivity contribution in [1.29, 1.82) is 0 Å². The molecule has 3 nitrogen and oxygen atoms in total. The van der Waals surface area contributed by atoms with Gasteiger partial charge in [0.1, 0.15) is 0 Å². The molecule has 0 fully saturated rings. The molecule has 0 aliphatic rings. The van der Waals surface area contributed by atoms with E-state index in [2.05, 4.69) is 36.5 Å². The summed E-state index contributed by atoms with van der Waals surface area (Å²) in [7, 11) is -3.11. The maximum absolute atomic E-state index is 11.4. The molecule has 1 N–H and O–H groups in total. The van der Waals surface area contributed by atoms with Crippen LogP contribution in [-0.4, -0.2) is 14.7 Å². The minimum atomic E-state index is -3.11. The van der Waals surface area contributed by atoms with E-state index in [1.54, 1.807) is 12.1 Å². The van der Waals surface area contributed by atoms with Crippen LogP contribution in [-0.2, 0) is 29.3 Å². The average molecular weight is 303 g/mol. The highest BCUT2D eigenvalue weighted by Crippen LogP contribution is 2.10. The zero-order valence-electron chi connectivity index (χ0n) is 12.5. The van der Waals surface area contributed by atoms with Gasteiger partial charge in [-0.25, -0.2) is 8.42 Å². The van der Waals surface area contributed by atoms with Gasteiger partial charge in [0, 0.05) is 19.3 Å². The lowest BCUT2D eigenvalue weighted by Gasteiger charge is -2.07. The highest BCUT2D eigenvalue weighted by Gasteiger charge is 2.05. The minimum Gasteiger partial charge on any atom is -0.309 e. The molecule has 0 spiro atoms. The fourth-order valence-corrected chi connectivity index (χ4v) is 2.73. The predicted molar refractivity (Wildman–Crippen MR) is 85.9 cm³/mol. The van der Waals surface area contributed by atoms with E-state index in [0.29, 0.717) is 4.90 Å². The van der Waals surface area contributed by atoms with Crippen LogP contribution in [0.5, 0.6) is 0 Å². The lowest BCUT2D eigenvalue weighted by atomic mass is 10.1. The van der Waals surface area contributed by atoms with E-state index in [1.165, 1.54) is 17.4 Å². The Kier molecular flexibility index (Phi) is 5.15. The summed E-state index contributed by atoms with van der Waals surface area (Å²) in [6.07, 6.45) is 2.28. The van der Waals surface area contributed by atoms with Gasteiger partial charge in [0.05, 0.1) is 4.90 Å². The van der Waals surface area contributed by atoms with E-state index < -0.39 is 9.84 Å². The molecule has 0 aliphatic carbocycles. The molecule has 0 atom stereocenters. The second kappa shape index (κ2) is 6.87. The molecular formula is C17H21NO2S. The molecule has 4 heteroatoms. The van der Waals surface area contributed by atoms with Crippen LogP contribution in [0.1, 0.15) is 23.6 Å². The Morgan fingerprint density at radius 2 is 1.24 bits per heavy atom. The van der Waals surface area contributed by atoms with E-state index in [0.717, 1.165) is 25.1 Å². The van der Waals surface area contributed by atoms with Gasteiger partial charge in [-0.15, -0.1) is 0 Å². The van der Waals surface area contributed by atoms with Crippen LogP contribution in [0.25, 0.3) is 0 Å². The summed E-state index contributed by atoms with van der Waals surface area (Å²) in [5.74, 6) is 0. The molecule has 112 valence electrons. The Bertz CT molecular complexity index is 674. The van der Waals surface area contributed by atoms with E-state index >= 15 is 0 Å². The average Bonchev–Trinajstić information content (AvgIpc) is 2.47. The quantitative estimate of drug-likeness (QED) is 0.892. The van der Waals surface area contributed by atoms with Crippen molar-refractivity contribution in [3.63, 3.8) is 0 Å². The number of sulfone groups is 1. The molecule has 0 bridgehead atoms. The number of rotatable bonds is 6. The maximum atomic E-state index is 11.4. The standard InChI is InChI=1S/C17H21NO2S/c1-3-14-4-6-15(7-5-14)12-18-13-16-8-10-17(11-9-16)21(2,19)20/h4-11,18H,3,12-13H2,1-2H3.